The van der Waals surface area contributed by atoms with Crippen molar-refractivity contribution in [2.45, 2.75) is 32.1 Å². The molecular formula is C37H34ClF2N7O3. The van der Waals surface area contributed by atoms with Gasteiger partial charge in [-0.3, -0.25) is 14.4 Å². The molecule has 5 aromatic rings. The molecule has 3 aromatic carbocycles. The molecule has 2 aliphatic heterocycles. The molecule has 7 rings (SSSR count). The molecule has 0 saturated carbocycles. The number of Topliss-reactive ketones (excluding diaryl/α,β-unsaturated/α-hetero) is 1. The lowest BCUT2D eigenvalue weighted by Crippen LogP contribution is -2.47. The zero-order valence-corrected chi connectivity index (χ0v) is 28.0. The number of carbonyl (C=O) groups is 3. The molecule has 0 bridgehead atoms. The topological polar surface area (TPSA) is 104 Å². The minimum Gasteiger partial charge on any atom is -0.368 e. The van der Waals surface area contributed by atoms with Crippen LogP contribution in [-0.2, 0) is 16.1 Å². The predicted molar refractivity (Wildman–Crippen MR) is 189 cm³/mol. The predicted octanol–water partition coefficient (Wildman–Crippen LogP) is 6.00. The van der Waals surface area contributed by atoms with E-state index in [2.05, 4.69) is 25.1 Å². The van der Waals surface area contributed by atoms with Crippen LogP contribution < -0.4 is 15.1 Å². The van der Waals surface area contributed by atoms with Gasteiger partial charge in [-0.15, -0.1) is 0 Å². The van der Waals surface area contributed by atoms with Crippen LogP contribution in [0.4, 0.5) is 26.1 Å². The summed E-state index contributed by atoms with van der Waals surface area (Å²) >= 11 is 6.28. The molecule has 2 amide bonds. The number of nitrogens with one attached hydrogen (secondary N) is 1. The van der Waals surface area contributed by atoms with Gasteiger partial charge < -0.3 is 24.6 Å². The van der Waals surface area contributed by atoms with Crippen LogP contribution >= 0.6 is 11.6 Å². The molecule has 2 saturated heterocycles. The summed E-state index contributed by atoms with van der Waals surface area (Å²) in [4.78, 5) is 54.2. The number of benzene rings is 3. The molecule has 4 heterocycles. The number of hydrogen-bond donors (Lipinski definition) is 1. The third-order valence-electron chi connectivity index (χ3n) is 9.32. The Bertz CT molecular complexity index is 2080. The van der Waals surface area contributed by atoms with Gasteiger partial charge in [0.2, 0.25) is 17.8 Å². The van der Waals surface area contributed by atoms with Gasteiger partial charge in [0.05, 0.1) is 12.2 Å². The van der Waals surface area contributed by atoms with Gasteiger partial charge in [-0.1, -0.05) is 41.9 Å². The Morgan fingerprint density at radius 3 is 2.38 bits per heavy atom. The van der Waals surface area contributed by atoms with E-state index in [1.165, 1.54) is 17.9 Å². The summed E-state index contributed by atoms with van der Waals surface area (Å²) in [5.74, 6) is -1.35. The number of aromatic nitrogens is 3. The van der Waals surface area contributed by atoms with E-state index in [1.807, 2.05) is 18.2 Å². The van der Waals surface area contributed by atoms with Crippen LogP contribution in [-0.4, -0.2) is 82.0 Å². The molecule has 2 fully saturated rings. The minimum atomic E-state index is -1.43. The highest BCUT2D eigenvalue weighted by atomic mass is 35.5. The van der Waals surface area contributed by atoms with Gasteiger partial charge in [-0.25, -0.2) is 18.7 Å². The Kier molecular flexibility index (Phi) is 9.20. The molecule has 2 aromatic heterocycles. The molecule has 50 heavy (non-hydrogen) atoms. The van der Waals surface area contributed by atoms with E-state index in [0.717, 1.165) is 31.9 Å². The lowest BCUT2D eigenvalue weighted by Gasteiger charge is -2.36. The maximum Gasteiger partial charge on any atom is 0.247 e. The zero-order valence-electron chi connectivity index (χ0n) is 27.2. The van der Waals surface area contributed by atoms with Gasteiger partial charge in [0.15, 0.2) is 11.6 Å². The quantitative estimate of drug-likeness (QED) is 0.199. The zero-order chi connectivity index (χ0) is 34.9. The lowest BCUT2D eigenvalue weighted by molar-refractivity contribution is -0.137. The molecule has 0 unspecified atom stereocenters. The van der Waals surface area contributed by atoms with Crippen LogP contribution in [0.1, 0.15) is 23.7 Å². The highest BCUT2D eigenvalue weighted by Gasteiger charge is 2.40. The summed E-state index contributed by atoms with van der Waals surface area (Å²) in [6, 6.07) is 17.7. The van der Waals surface area contributed by atoms with E-state index in [-0.39, 0.29) is 36.5 Å². The number of rotatable bonds is 8. The number of hydrogen-bond acceptors (Lipinski definition) is 7. The number of fused-ring (bicyclic) bond motifs is 1. The molecule has 256 valence electrons. The number of alkyl halides is 1. The number of amides is 2. The number of halogens is 3. The van der Waals surface area contributed by atoms with Crippen molar-refractivity contribution in [2.75, 3.05) is 47.8 Å². The first kappa shape index (κ1) is 33.2. The molecule has 13 heteroatoms. The summed E-state index contributed by atoms with van der Waals surface area (Å²) in [7, 11) is 0. The van der Waals surface area contributed by atoms with Crippen molar-refractivity contribution >= 4 is 57.4 Å². The second-order valence-corrected chi connectivity index (χ2v) is 12.9. The fourth-order valence-electron chi connectivity index (χ4n) is 6.79. The van der Waals surface area contributed by atoms with Gasteiger partial charge in [0.25, 0.3) is 0 Å². The maximum absolute atomic E-state index is 15.6. The monoisotopic (exact) mass is 697 g/mol. The number of likely N-dealkylation sites (tertiary alicyclic amines) is 1. The smallest absolute Gasteiger partial charge is 0.247 e. The van der Waals surface area contributed by atoms with Crippen molar-refractivity contribution in [1.29, 1.82) is 0 Å². The Balaban J connectivity index is 1.08. The van der Waals surface area contributed by atoms with E-state index in [9.17, 15) is 18.8 Å². The van der Waals surface area contributed by atoms with Gasteiger partial charge in [0.1, 0.15) is 18.8 Å². The van der Waals surface area contributed by atoms with Crippen LogP contribution in [0.5, 0.6) is 0 Å². The molecule has 0 radical (unpaired) electrons. The van der Waals surface area contributed by atoms with E-state index >= 15 is 4.39 Å². The average Bonchev–Trinajstić information content (AvgIpc) is 3.70. The summed E-state index contributed by atoms with van der Waals surface area (Å²) in [6.45, 7) is 3.91. The van der Waals surface area contributed by atoms with E-state index in [4.69, 9.17) is 11.6 Å². The Labute approximate surface area is 292 Å². The van der Waals surface area contributed by atoms with Gasteiger partial charge in [-0.2, -0.15) is 0 Å². The second-order valence-electron chi connectivity index (χ2n) is 12.5. The van der Waals surface area contributed by atoms with Gasteiger partial charge in [0, 0.05) is 89.5 Å². The van der Waals surface area contributed by atoms with Crippen LogP contribution in [0.2, 0.25) is 5.02 Å². The van der Waals surface area contributed by atoms with Crippen LogP contribution in [0.15, 0.2) is 85.3 Å². The Hall–Kier alpha value is -5.36. The molecule has 1 N–H and O–H groups in total. The third-order valence-corrected chi connectivity index (χ3v) is 9.65. The number of piperazine rings is 1. The van der Waals surface area contributed by atoms with Crippen molar-refractivity contribution in [2.24, 2.45) is 0 Å². The number of nitrogens with zero attached hydrogens (tertiary/aromatic N) is 6. The fourth-order valence-corrected chi connectivity index (χ4v) is 7.03. The number of ketones is 1. The van der Waals surface area contributed by atoms with E-state index in [1.54, 1.807) is 65.6 Å². The van der Waals surface area contributed by atoms with Crippen molar-refractivity contribution < 1.29 is 23.2 Å². The first-order chi connectivity index (χ1) is 24.2. The first-order valence-corrected chi connectivity index (χ1v) is 16.7. The molecule has 0 spiro atoms. The minimum absolute atomic E-state index is 0.102. The third kappa shape index (κ3) is 6.50. The maximum atomic E-state index is 15.6. The van der Waals surface area contributed by atoms with Gasteiger partial charge in [-0.05, 0) is 43.3 Å². The molecule has 10 nitrogen and oxygen atoms in total. The van der Waals surface area contributed by atoms with E-state index in [0.29, 0.717) is 33.0 Å². The Morgan fingerprint density at radius 2 is 1.64 bits per heavy atom. The average molecular weight is 698 g/mol. The van der Waals surface area contributed by atoms with E-state index < -0.39 is 29.8 Å². The van der Waals surface area contributed by atoms with Crippen LogP contribution in [0, 0.1) is 5.82 Å². The SMILES string of the molecule is CC(=O)c1cn(CC(=O)N2C[C@H](F)C[C@H]2C(=O)Nc2cccc(-c3ccccc3Cl)c2F)c2ccc(N3CCN(c4ncccn4)CC3)cc12. The van der Waals surface area contributed by atoms with Crippen LogP contribution in [0.25, 0.3) is 22.0 Å². The fraction of sp³-hybridized carbons (Fsp3) is 0.270. The van der Waals surface area contributed by atoms with Crippen LogP contribution in [0.3, 0.4) is 0 Å². The molecule has 2 aliphatic rings. The van der Waals surface area contributed by atoms with Gasteiger partial charge >= 0.3 is 0 Å². The standard InChI is InChI=1S/C37H34ClF2N7O3/c1-23(48)29-21-46(32-11-10-25(19-28(29)32)44-14-16-45(17-15-44)37-41-12-5-13-42-37)22-34(49)47-20-24(39)18-33(47)36(50)43-31-9-4-7-27(35(31)40)26-6-2-3-8-30(26)38/h2-13,19,21,24,33H,14-18,20,22H2,1H3,(H,43,50)/t24-,33+/m1/s1. The first-order valence-electron chi connectivity index (χ1n) is 16.4. The van der Waals surface area contributed by atoms with Crippen molar-refractivity contribution in [3.63, 3.8) is 0 Å². The highest BCUT2D eigenvalue weighted by molar-refractivity contribution is 6.33. The summed E-state index contributed by atoms with van der Waals surface area (Å²) in [6.07, 6.45) is 3.43. The normalized spacial score (nSPS) is 17.7. The van der Waals surface area contributed by atoms with Crippen molar-refractivity contribution in [3.8, 4) is 11.1 Å². The second kappa shape index (κ2) is 13.9. The number of carbonyl (C=O) groups excluding carboxylic acids is 3. The summed E-state index contributed by atoms with van der Waals surface area (Å²) in [5, 5.41) is 3.61. The molecule has 0 aliphatic carbocycles. The largest absolute Gasteiger partial charge is 0.368 e. The lowest BCUT2D eigenvalue weighted by atomic mass is 10.0. The molecular weight excluding hydrogens is 664 g/mol. The van der Waals surface area contributed by atoms with Crippen molar-refractivity contribution in [1.82, 2.24) is 19.4 Å². The highest BCUT2D eigenvalue weighted by Crippen LogP contribution is 2.34. The summed E-state index contributed by atoms with van der Waals surface area (Å²) < 4.78 is 32.1. The Morgan fingerprint density at radius 1 is 0.920 bits per heavy atom. The van der Waals surface area contributed by atoms with Crippen molar-refractivity contribution in [3.05, 3.63) is 102 Å². The summed E-state index contributed by atoms with van der Waals surface area (Å²) in [5.41, 5.74) is 2.62. The number of anilines is 3. The molecule has 2 atom stereocenters.